The minimum absolute atomic E-state index is 0.0406. The predicted molar refractivity (Wildman–Crippen MR) is 353 cm³/mol. The van der Waals surface area contributed by atoms with E-state index in [1.54, 1.807) is 0 Å². The molecule has 3 atom stereocenters. The van der Waals surface area contributed by atoms with Crippen molar-refractivity contribution in [1.82, 2.24) is 5.32 Å². The first-order valence-electron chi connectivity index (χ1n) is 33.0. The molecule has 0 aromatic rings. The fourth-order valence-electron chi connectivity index (χ4n) is 8.75. The van der Waals surface area contributed by atoms with E-state index in [-0.39, 0.29) is 31.3 Å². The summed E-state index contributed by atoms with van der Waals surface area (Å²) in [5.74, 6) is -0.624. The van der Waals surface area contributed by atoms with Gasteiger partial charge in [-0.2, -0.15) is 0 Å². The maximum atomic E-state index is 13.5. The van der Waals surface area contributed by atoms with Gasteiger partial charge in [-0.05, 0) is 122 Å². The van der Waals surface area contributed by atoms with Gasteiger partial charge in [-0.15, -0.1) is 0 Å². The number of carbonyl (C=O) groups excluding carboxylic acids is 2. The van der Waals surface area contributed by atoms with Gasteiger partial charge in [0.05, 0.1) is 33.8 Å². The van der Waals surface area contributed by atoms with Crippen molar-refractivity contribution in [2.24, 2.45) is 0 Å². The molecule has 468 valence electrons. The minimum Gasteiger partial charge on any atom is -0.756 e. The molecule has 0 aliphatic heterocycles. The van der Waals surface area contributed by atoms with Crippen LogP contribution in [0.25, 0.3) is 0 Å². The van der Waals surface area contributed by atoms with E-state index < -0.39 is 26.6 Å². The van der Waals surface area contributed by atoms with Crippen molar-refractivity contribution in [2.45, 2.75) is 270 Å². The fourth-order valence-corrected chi connectivity index (χ4v) is 9.48. The lowest BCUT2D eigenvalue weighted by Crippen LogP contribution is -2.47. The van der Waals surface area contributed by atoms with Gasteiger partial charge in [0.25, 0.3) is 7.82 Å². The van der Waals surface area contributed by atoms with Gasteiger partial charge in [-0.3, -0.25) is 14.2 Å². The van der Waals surface area contributed by atoms with Crippen molar-refractivity contribution in [1.29, 1.82) is 0 Å². The number of unbranched alkanes of at least 4 members (excludes halogenated alkanes) is 22. The smallest absolute Gasteiger partial charge is 0.306 e. The Hall–Kier alpha value is -3.85. The maximum absolute atomic E-state index is 13.5. The van der Waals surface area contributed by atoms with Crippen molar-refractivity contribution in [3.8, 4) is 0 Å². The van der Waals surface area contributed by atoms with Crippen molar-refractivity contribution in [3.63, 3.8) is 0 Å². The van der Waals surface area contributed by atoms with Gasteiger partial charge in [0.15, 0.2) is 0 Å². The summed E-state index contributed by atoms with van der Waals surface area (Å²) in [6.45, 7) is 6.64. The second-order valence-corrected chi connectivity index (χ2v) is 24.3. The molecule has 0 saturated carbocycles. The SMILES string of the molecule is CC/C=C\C/C=C\C/C=C\C/C=C\C/C=C\C/C=C\CCCCCCCCCCC(=O)OC(/C=C\CCCCCCCCCCCC)C(COP(=O)([O-])OCC[N+](C)(C)C)NC(=O)CCC/C=C\C/C=C\C/C=C\C/C=C\CCCCC. The number of rotatable bonds is 58. The molecule has 82 heavy (non-hydrogen) atoms. The van der Waals surface area contributed by atoms with E-state index in [4.69, 9.17) is 13.8 Å². The summed E-state index contributed by atoms with van der Waals surface area (Å²) < 4.78 is 30.3. The molecular weight excluding hydrogens is 1040 g/mol. The lowest BCUT2D eigenvalue weighted by molar-refractivity contribution is -0.870. The molecule has 3 unspecified atom stereocenters. The molecule has 0 heterocycles. The number of quaternary nitrogens is 1. The number of phosphoric acid groups is 1. The number of allylic oxidation sites excluding steroid dienone is 21. The van der Waals surface area contributed by atoms with Gasteiger partial charge >= 0.3 is 5.97 Å². The number of hydrogen-bond donors (Lipinski definition) is 1. The van der Waals surface area contributed by atoms with Gasteiger partial charge in [-0.1, -0.05) is 258 Å². The van der Waals surface area contributed by atoms with E-state index >= 15 is 0 Å². The van der Waals surface area contributed by atoms with Gasteiger partial charge < -0.3 is 28.5 Å². The quantitative estimate of drug-likeness (QED) is 0.0212. The average molecular weight is 1160 g/mol. The van der Waals surface area contributed by atoms with Crippen molar-refractivity contribution in [2.75, 3.05) is 40.9 Å². The van der Waals surface area contributed by atoms with Crippen LogP contribution in [0.1, 0.15) is 258 Å². The molecule has 0 saturated heterocycles. The molecule has 0 aliphatic rings. The Morgan fingerprint density at radius 1 is 0.439 bits per heavy atom. The number of hydrogen-bond acceptors (Lipinski definition) is 7. The first kappa shape index (κ1) is 78.1. The highest BCUT2D eigenvalue weighted by molar-refractivity contribution is 7.45. The van der Waals surface area contributed by atoms with E-state index in [0.717, 1.165) is 109 Å². The fraction of sp³-hybridized carbons (Fsp3) is 0.667. The van der Waals surface area contributed by atoms with Crippen molar-refractivity contribution >= 4 is 19.7 Å². The van der Waals surface area contributed by atoms with Crippen LogP contribution in [-0.4, -0.2) is 69.4 Å². The monoisotopic (exact) mass is 1160 g/mol. The molecule has 9 nitrogen and oxygen atoms in total. The number of nitrogens with one attached hydrogen (secondary N) is 1. The second kappa shape index (κ2) is 60.3. The lowest BCUT2D eigenvalue weighted by Gasteiger charge is -2.30. The van der Waals surface area contributed by atoms with Gasteiger partial charge in [0.2, 0.25) is 5.91 Å². The highest BCUT2D eigenvalue weighted by atomic mass is 31.2. The van der Waals surface area contributed by atoms with Crippen molar-refractivity contribution in [3.05, 3.63) is 134 Å². The van der Waals surface area contributed by atoms with Gasteiger partial charge in [0, 0.05) is 12.8 Å². The second-order valence-electron chi connectivity index (χ2n) is 22.9. The summed E-state index contributed by atoms with van der Waals surface area (Å²) in [6.07, 6.45) is 85.8. The topological polar surface area (TPSA) is 114 Å². The van der Waals surface area contributed by atoms with Gasteiger partial charge in [0.1, 0.15) is 19.3 Å². The van der Waals surface area contributed by atoms with Crippen LogP contribution in [0.3, 0.4) is 0 Å². The van der Waals surface area contributed by atoms with Crippen LogP contribution in [0.4, 0.5) is 0 Å². The Morgan fingerprint density at radius 3 is 1.22 bits per heavy atom. The maximum Gasteiger partial charge on any atom is 0.306 e. The van der Waals surface area contributed by atoms with E-state index in [2.05, 4.69) is 148 Å². The highest BCUT2D eigenvalue weighted by Crippen LogP contribution is 2.38. The summed E-state index contributed by atoms with van der Waals surface area (Å²) in [7, 11) is 1.13. The number of esters is 1. The number of nitrogens with zero attached hydrogens (tertiary/aromatic N) is 1. The van der Waals surface area contributed by atoms with Gasteiger partial charge in [-0.25, -0.2) is 0 Å². The third-order valence-corrected chi connectivity index (χ3v) is 14.8. The molecule has 0 aromatic carbocycles. The molecule has 10 heteroatoms. The molecule has 0 rings (SSSR count). The Morgan fingerprint density at radius 2 is 0.793 bits per heavy atom. The van der Waals surface area contributed by atoms with E-state index in [0.29, 0.717) is 23.9 Å². The standard InChI is InChI=1S/C72H123N2O7P/c1-7-10-13-16-19-22-25-28-30-32-33-34-35-36-37-38-39-40-41-43-45-47-50-53-56-59-62-65-72(76)81-70(63-60-57-54-51-48-27-24-21-18-15-12-9-3)69(68-80-82(77,78)79-67-66-74(4,5)6)73-71(75)64-61-58-55-52-49-46-44-42-31-29-26-23-20-17-14-11-8-2/h10,13,19-20,22-23,28-31,33-34,36-37,39-40,44,46,52,55,60,63,69-70H,7-9,11-12,14-18,21,24-27,32,35,38,41-43,45,47-51,53-54,56-59,61-62,64-68H2,1-6H3,(H-,73,75,77,78)/b13-10-,22-19-,23-20-,30-28-,31-29-,34-33-,37-36-,40-39-,46-44-,55-52-,63-60-. The van der Waals surface area contributed by atoms with Crippen LogP contribution in [-0.2, 0) is 27.9 Å². The predicted octanol–water partition coefficient (Wildman–Crippen LogP) is 20.2. The largest absolute Gasteiger partial charge is 0.756 e. The number of likely N-dealkylation sites (N-methyl/N-ethyl adjacent to an activating group) is 1. The Kier molecular flexibility index (Phi) is 57.4. The van der Waals surface area contributed by atoms with E-state index in [1.807, 2.05) is 33.3 Å². The number of phosphoric ester groups is 1. The summed E-state index contributed by atoms with van der Waals surface area (Å²) >= 11 is 0. The zero-order valence-electron chi connectivity index (χ0n) is 53.4. The zero-order chi connectivity index (χ0) is 60.0. The molecule has 0 fully saturated rings. The third kappa shape index (κ3) is 60.7. The Balaban J connectivity index is 5.22. The first-order chi connectivity index (χ1) is 39.9. The first-order valence-corrected chi connectivity index (χ1v) is 34.5. The number of carbonyl (C=O) groups is 2. The van der Waals surface area contributed by atoms with E-state index in [9.17, 15) is 19.0 Å². The van der Waals surface area contributed by atoms with Crippen LogP contribution >= 0.6 is 7.82 Å². The molecule has 1 N–H and O–H groups in total. The highest BCUT2D eigenvalue weighted by Gasteiger charge is 2.27. The van der Waals surface area contributed by atoms with Crippen LogP contribution in [0, 0.1) is 0 Å². The summed E-state index contributed by atoms with van der Waals surface area (Å²) in [5, 5.41) is 2.99. The van der Waals surface area contributed by atoms with Crippen LogP contribution in [0.15, 0.2) is 134 Å². The van der Waals surface area contributed by atoms with Crippen molar-refractivity contribution < 1.29 is 37.3 Å². The number of ether oxygens (including phenoxy) is 1. The summed E-state index contributed by atoms with van der Waals surface area (Å²) in [4.78, 5) is 40.0. The third-order valence-electron chi connectivity index (χ3n) is 13.8. The van der Waals surface area contributed by atoms with Crippen LogP contribution in [0.2, 0.25) is 0 Å². The molecule has 1 amide bonds. The van der Waals surface area contributed by atoms with Crippen LogP contribution < -0.4 is 10.2 Å². The molecule has 0 aromatic heterocycles. The number of amides is 1. The molecule has 0 radical (unpaired) electrons. The Labute approximate surface area is 505 Å². The molecule has 0 spiro atoms. The summed E-state index contributed by atoms with van der Waals surface area (Å²) in [6, 6.07) is -0.930. The lowest BCUT2D eigenvalue weighted by atomic mass is 10.0. The summed E-state index contributed by atoms with van der Waals surface area (Å²) in [5.41, 5.74) is 0. The molecule has 0 aliphatic carbocycles. The normalized spacial score (nSPS) is 14.5. The minimum atomic E-state index is -4.73. The zero-order valence-corrected chi connectivity index (χ0v) is 54.3. The average Bonchev–Trinajstić information content (AvgIpc) is 3.44. The van der Waals surface area contributed by atoms with E-state index in [1.165, 1.54) is 103 Å². The van der Waals surface area contributed by atoms with Crippen LogP contribution in [0.5, 0.6) is 0 Å². The Bertz CT molecular complexity index is 1860. The molecular formula is C72H123N2O7P. The molecule has 0 bridgehead atoms.